The number of hydrogen-bond donors (Lipinski definition) is 1. The molecule has 2 rings (SSSR count). The first kappa shape index (κ1) is 13.9. The van der Waals surface area contributed by atoms with Crippen molar-refractivity contribution in [2.24, 2.45) is 0 Å². The average Bonchev–Trinajstić information content (AvgIpc) is 2.70. The molecule has 0 aromatic heterocycles. The Bertz CT molecular complexity index is 463. The Balaban J connectivity index is 2.01. The fraction of sp³-hybridized carbons (Fsp3) is 0.429. The molecule has 0 radical (unpaired) electrons. The number of likely N-dealkylation sites (tertiary alicyclic amines) is 1. The molecule has 1 aromatic rings. The second kappa shape index (κ2) is 6.06. The molecule has 5 heteroatoms. The van der Waals surface area contributed by atoms with Crippen LogP contribution in [0, 0.1) is 0 Å². The lowest BCUT2D eigenvalue weighted by Gasteiger charge is -2.24. The maximum atomic E-state index is 11.7. The first-order valence-electron chi connectivity index (χ1n) is 6.28. The quantitative estimate of drug-likeness (QED) is 0.839. The summed E-state index contributed by atoms with van der Waals surface area (Å²) in [6.07, 6.45) is 1.28. The van der Waals surface area contributed by atoms with E-state index in [9.17, 15) is 14.7 Å². The van der Waals surface area contributed by atoms with Gasteiger partial charge >= 0.3 is 5.97 Å². The second-order valence-electron chi connectivity index (χ2n) is 4.73. The Morgan fingerprint density at radius 3 is 2.63 bits per heavy atom. The number of halogens is 1. The first-order chi connectivity index (χ1) is 9.08. The van der Waals surface area contributed by atoms with Gasteiger partial charge in [0.25, 0.3) is 0 Å². The van der Waals surface area contributed by atoms with E-state index in [1.807, 2.05) is 30.3 Å². The van der Waals surface area contributed by atoms with Crippen molar-refractivity contribution < 1.29 is 14.7 Å². The number of carboxylic acids is 1. The largest absolute Gasteiger partial charge is 0.480 e. The van der Waals surface area contributed by atoms with Crippen LogP contribution in [0.15, 0.2) is 30.3 Å². The number of rotatable bonds is 5. The van der Waals surface area contributed by atoms with Crippen LogP contribution in [0.1, 0.15) is 18.4 Å². The monoisotopic (exact) mass is 281 g/mol. The fourth-order valence-electron chi connectivity index (χ4n) is 2.35. The van der Waals surface area contributed by atoms with E-state index in [1.165, 1.54) is 4.90 Å². The van der Waals surface area contributed by atoms with E-state index in [2.05, 4.69) is 0 Å². The zero-order chi connectivity index (χ0) is 13.8. The van der Waals surface area contributed by atoms with E-state index in [0.717, 1.165) is 5.56 Å². The summed E-state index contributed by atoms with van der Waals surface area (Å²) in [4.78, 5) is 24.4. The highest BCUT2D eigenvalue weighted by Crippen LogP contribution is 2.21. The zero-order valence-electron chi connectivity index (χ0n) is 10.5. The zero-order valence-corrected chi connectivity index (χ0v) is 11.2. The summed E-state index contributed by atoms with van der Waals surface area (Å²) in [5, 5.41) is 9.01. The summed E-state index contributed by atoms with van der Waals surface area (Å²) in [5.41, 5.74) is 1.07. The van der Waals surface area contributed by atoms with E-state index in [0.29, 0.717) is 19.4 Å². The number of carbonyl (C=O) groups excluding carboxylic acids is 1. The van der Waals surface area contributed by atoms with Crippen LogP contribution in [0.2, 0.25) is 0 Å². The lowest BCUT2D eigenvalue weighted by Crippen LogP contribution is -2.42. The van der Waals surface area contributed by atoms with E-state index in [-0.39, 0.29) is 17.7 Å². The fourth-order valence-corrected chi connectivity index (χ4v) is 2.63. The van der Waals surface area contributed by atoms with Crippen molar-refractivity contribution in [2.45, 2.75) is 30.7 Å². The highest BCUT2D eigenvalue weighted by Gasteiger charge is 2.36. The molecule has 2 atom stereocenters. The van der Waals surface area contributed by atoms with Gasteiger partial charge in [0.2, 0.25) is 5.91 Å². The minimum absolute atomic E-state index is 0.166. The molecule has 0 saturated carbocycles. The first-order valence-corrected chi connectivity index (χ1v) is 6.72. The SMILES string of the molecule is O=C(O)[C@H](CCc1ccccc1)N1CC(Cl)CC1=O. The molecule has 0 spiro atoms. The Morgan fingerprint density at radius 1 is 1.42 bits per heavy atom. The molecule has 1 aliphatic rings. The summed E-state index contributed by atoms with van der Waals surface area (Å²) in [5.74, 6) is -1.13. The van der Waals surface area contributed by atoms with Crippen molar-refractivity contribution in [1.29, 1.82) is 0 Å². The van der Waals surface area contributed by atoms with Crippen LogP contribution in [-0.4, -0.2) is 39.8 Å². The average molecular weight is 282 g/mol. The van der Waals surface area contributed by atoms with Crippen LogP contribution in [-0.2, 0) is 16.0 Å². The van der Waals surface area contributed by atoms with Crippen LogP contribution >= 0.6 is 11.6 Å². The molecule has 1 heterocycles. The van der Waals surface area contributed by atoms with Gasteiger partial charge in [-0.05, 0) is 18.4 Å². The van der Waals surface area contributed by atoms with Gasteiger partial charge in [-0.25, -0.2) is 4.79 Å². The van der Waals surface area contributed by atoms with E-state index < -0.39 is 12.0 Å². The van der Waals surface area contributed by atoms with Gasteiger partial charge < -0.3 is 10.0 Å². The summed E-state index contributed by atoms with van der Waals surface area (Å²) in [6, 6.07) is 8.88. The lowest BCUT2D eigenvalue weighted by atomic mass is 10.0. The molecule has 1 aliphatic heterocycles. The number of carboxylic acid groups (broad SMARTS) is 1. The number of benzene rings is 1. The number of aryl methyl sites for hydroxylation is 1. The third-order valence-electron chi connectivity index (χ3n) is 3.32. The molecule has 19 heavy (non-hydrogen) atoms. The highest BCUT2D eigenvalue weighted by molar-refractivity contribution is 6.22. The van der Waals surface area contributed by atoms with Crippen molar-refractivity contribution in [3.63, 3.8) is 0 Å². The summed E-state index contributed by atoms with van der Waals surface area (Å²) in [7, 11) is 0. The van der Waals surface area contributed by atoms with Crippen LogP contribution in [0.5, 0.6) is 0 Å². The predicted molar refractivity (Wildman–Crippen MR) is 72.2 cm³/mol. The third-order valence-corrected chi connectivity index (χ3v) is 3.61. The predicted octanol–water partition coefficient (Wildman–Crippen LogP) is 1.91. The number of nitrogens with zero attached hydrogens (tertiary/aromatic N) is 1. The number of alkyl halides is 1. The molecule has 1 fully saturated rings. The number of aliphatic carboxylic acids is 1. The maximum Gasteiger partial charge on any atom is 0.326 e. The Morgan fingerprint density at radius 2 is 2.11 bits per heavy atom. The smallest absolute Gasteiger partial charge is 0.326 e. The van der Waals surface area contributed by atoms with Gasteiger partial charge in [0.05, 0.1) is 5.38 Å². The Kier molecular flexibility index (Phi) is 4.43. The number of amides is 1. The second-order valence-corrected chi connectivity index (χ2v) is 5.34. The normalized spacial score (nSPS) is 20.6. The van der Waals surface area contributed by atoms with Gasteiger partial charge in [-0.15, -0.1) is 11.6 Å². The molecule has 4 nitrogen and oxygen atoms in total. The molecule has 1 saturated heterocycles. The van der Waals surface area contributed by atoms with E-state index >= 15 is 0 Å². The maximum absolute atomic E-state index is 11.7. The van der Waals surface area contributed by atoms with Gasteiger partial charge in [-0.2, -0.15) is 0 Å². The summed E-state index contributed by atoms with van der Waals surface area (Å²) < 4.78 is 0. The van der Waals surface area contributed by atoms with E-state index in [1.54, 1.807) is 0 Å². The minimum Gasteiger partial charge on any atom is -0.480 e. The molecule has 1 amide bonds. The van der Waals surface area contributed by atoms with Crippen molar-refractivity contribution >= 4 is 23.5 Å². The minimum atomic E-state index is -0.963. The van der Waals surface area contributed by atoms with Gasteiger partial charge in [0.1, 0.15) is 6.04 Å². The molecular formula is C14H16ClNO3. The number of hydrogen-bond acceptors (Lipinski definition) is 2. The molecule has 1 aromatic carbocycles. The van der Waals surface area contributed by atoms with Crippen molar-refractivity contribution in [1.82, 2.24) is 4.90 Å². The molecule has 0 aliphatic carbocycles. The van der Waals surface area contributed by atoms with Crippen molar-refractivity contribution in [3.05, 3.63) is 35.9 Å². The molecule has 1 unspecified atom stereocenters. The van der Waals surface area contributed by atoms with Crippen LogP contribution in [0.3, 0.4) is 0 Å². The summed E-state index contributed by atoms with van der Waals surface area (Å²) >= 11 is 5.91. The van der Waals surface area contributed by atoms with Gasteiger partial charge in [0.15, 0.2) is 0 Å². The summed E-state index contributed by atoms with van der Waals surface area (Å²) in [6.45, 7) is 0.326. The van der Waals surface area contributed by atoms with Crippen LogP contribution < -0.4 is 0 Å². The van der Waals surface area contributed by atoms with Gasteiger partial charge in [-0.3, -0.25) is 4.79 Å². The lowest BCUT2D eigenvalue weighted by molar-refractivity contribution is -0.148. The molecular weight excluding hydrogens is 266 g/mol. The van der Waals surface area contributed by atoms with Gasteiger partial charge in [-0.1, -0.05) is 30.3 Å². The molecule has 0 bridgehead atoms. The highest BCUT2D eigenvalue weighted by atomic mass is 35.5. The Hall–Kier alpha value is -1.55. The molecule has 1 N–H and O–H groups in total. The Labute approximate surface area is 117 Å². The third kappa shape index (κ3) is 3.47. The molecule has 102 valence electrons. The van der Waals surface area contributed by atoms with Crippen LogP contribution in [0.4, 0.5) is 0 Å². The van der Waals surface area contributed by atoms with Gasteiger partial charge in [0, 0.05) is 13.0 Å². The van der Waals surface area contributed by atoms with Crippen LogP contribution in [0.25, 0.3) is 0 Å². The van der Waals surface area contributed by atoms with Crippen molar-refractivity contribution in [2.75, 3.05) is 6.54 Å². The van der Waals surface area contributed by atoms with E-state index in [4.69, 9.17) is 11.6 Å². The standard InChI is InChI=1S/C14H16ClNO3/c15-11-8-13(17)16(9-11)12(14(18)19)7-6-10-4-2-1-3-5-10/h1-5,11-12H,6-9H2,(H,18,19)/t11?,12-/m0/s1. The van der Waals surface area contributed by atoms with Crippen molar-refractivity contribution in [3.8, 4) is 0 Å². The number of carbonyl (C=O) groups is 2. The topological polar surface area (TPSA) is 57.6 Å².